The number of likely N-dealkylation sites (tertiary alicyclic amines) is 1. The Morgan fingerprint density at radius 1 is 0.979 bits per heavy atom. The number of carbonyl (C=O) groups excluding carboxylic acids is 3. The highest BCUT2D eigenvalue weighted by molar-refractivity contribution is 6.05. The van der Waals surface area contributed by atoms with E-state index in [4.69, 9.17) is 4.74 Å². The zero-order valence-electron chi connectivity index (χ0n) is 28.3. The Balaban J connectivity index is 1.64. The molecule has 3 saturated heterocycles. The highest BCUT2D eigenvalue weighted by Crippen LogP contribution is 2.64. The molecule has 5 rings (SSSR count). The highest BCUT2D eigenvalue weighted by Gasteiger charge is 2.79. The van der Waals surface area contributed by atoms with Crippen molar-refractivity contribution in [3.63, 3.8) is 0 Å². The van der Waals surface area contributed by atoms with Gasteiger partial charge in [-0.2, -0.15) is 0 Å². The lowest BCUT2D eigenvalue weighted by Gasteiger charge is -2.39. The Hall–Kier alpha value is -3.95. The van der Waals surface area contributed by atoms with Crippen LogP contribution in [0.25, 0.3) is 0 Å². The van der Waals surface area contributed by atoms with Crippen molar-refractivity contribution in [1.82, 2.24) is 9.80 Å². The van der Waals surface area contributed by atoms with Crippen LogP contribution >= 0.6 is 0 Å². The fraction of sp³-hybridized carbons (Fsp3) is 0.500. The number of benzene rings is 2. The molecule has 2 aromatic carbocycles. The van der Waals surface area contributed by atoms with Gasteiger partial charge in [0, 0.05) is 44.1 Å². The summed E-state index contributed by atoms with van der Waals surface area (Å²) < 4.78 is 6.92. The molecule has 6 atom stereocenters. The molecular formula is C38H50N4O5. The third-order valence-corrected chi connectivity index (χ3v) is 10.4. The monoisotopic (exact) mass is 642 g/mol. The SMILES string of the molecule is C=CCN(CCC)C(=O)[C@@H]1[C@H]2C(=O)N([C@H](CO)c3ccccc3)C(C(=O)N(CC=C)c3ccc(N(CC)CC)cc3)C23CC[C@@]1(C)O3. The van der Waals surface area contributed by atoms with E-state index in [1.54, 1.807) is 22.0 Å². The maximum absolute atomic E-state index is 15.1. The minimum absolute atomic E-state index is 0.155. The number of rotatable bonds is 15. The maximum Gasteiger partial charge on any atom is 0.253 e. The van der Waals surface area contributed by atoms with E-state index in [-0.39, 0.29) is 24.3 Å². The molecule has 1 spiro atoms. The fourth-order valence-corrected chi connectivity index (χ4v) is 8.33. The van der Waals surface area contributed by atoms with Crippen LogP contribution < -0.4 is 9.80 Å². The van der Waals surface area contributed by atoms with Gasteiger partial charge in [-0.3, -0.25) is 14.4 Å². The average Bonchev–Trinajstić information content (AvgIpc) is 3.65. The van der Waals surface area contributed by atoms with Crippen LogP contribution in [0.2, 0.25) is 0 Å². The number of anilines is 2. The molecule has 0 saturated carbocycles. The van der Waals surface area contributed by atoms with E-state index in [0.717, 1.165) is 25.2 Å². The number of ether oxygens (including phenoxy) is 1. The molecule has 252 valence electrons. The molecule has 0 aliphatic carbocycles. The van der Waals surface area contributed by atoms with Crippen LogP contribution in [0.5, 0.6) is 0 Å². The topological polar surface area (TPSA) is 93.6 Å². The van der Waals surface area contributed by atoms with Crippen LogP contribution in [0.3, 0.4) is 0 Å². The first-order valence-corrected chi connectivity index (χ1v) is 17.0. The van der Waals surface area contributed by atoms with Crippen molar-refractivity contribution in [1.29, 1.82) is 0 Å². The van der Waals surface area contributed by atoms with E-state index in [9.17, 15) is 14.7 Å². The van der Waals surface area contributed by atoms with Crippen molar-refractivity contribution >= 4 is 29.1 Å². The van der Waals surface area contributed by atoms with Gasteiger partial charge in [0.25, 0.3) is 5.91 Å². The Bertz CT molecular complexity index is 1460. The van der Waals surface area contributed by atoms with Crippen molar-refractivity contribution in [3.8, 4) is 0 Å². The molecule has 3 heterocycles. The first-order valence-electron chi connectivity index (χ1n) is 17.0. The van der Waals surface area contributed by atoms with E-state index in [1.165, 1.54) is 4.90 Å². The summed E-state index contributed by atoms with van der Waals surface area (Å²) in [7, 11) is 0. The summed E-state index contributed by atoms with van der Waals surface area (Å²) in [4.78, 5) is 51.5. The van der Waals surface area contributed by atoms with E-state index in [1.807, 2.05) is 68.4 Å². The lowest BCUT2D eigenvalue weighted by molar-refractivity contribution is -0.152. The predicted molar refractivity (Wildman–Crippen MR) is 185 cm³/mol. The van der Waals surface area contributed by atoms with Gasteiger partial charge in [0.1, 0.15) is 11.6 Å². The van der Waals surface area contributed by atoms with Crippen LogP contribution in [0.15, 0.2) is 79.9 Å². The van der Waals surface area contributed by atoms with Crippen molar-refractivity contribution in [2.45, 2.75) is 70.2 Å². The lowest BCUT2D eigenvalue weighted by Crippen LogP contribution is -2.57. The first kappa shape index (κ1) is 34.4. The minimum Gasteiger partial charge on any atom is -0.394 e. The van der Waals surface area contributed by atoms with Gasteiger partial charge in [-0.05, 0) is 69.9 Å². The Morgan fingerprint density at radius 3 is 2.19 bits per heavy atom. The summed E-state index contributed by atoms with van der Waals surface area (Å²) in [5, 5.41) is 10.9. The number of hydrogen-bond acceptors (Lipinski definition) is 6. The number of aliphatic hydroxyl groups is 1. The molecule has 3 aliphatic rings. The third kappa shape index (κ3) is 5.78. The predicted octanol–water partition coefficient (Wildman–Crippen LogP) is 4.97. The molecule has 3 aliphatic heterocycles. The van der Waals surface area contributed by atoms with Crippen molar-refractivity contribution in [3.05, 3.63) is 85.5 Å². The van der Waals surface area contributed by atoms with Gasteiger partial charge in [0.15, 0.2) is 0 Å². The molecular weight excluding hydrogens is 592 g/mol. The summed E-state index contributed by atoms with van der Waals surface area (Å²) in [6.07, 6.45) is 5.11. The average molecular weight is 643 g/mol. The van der Waals surface area contributed by atoms with Gasteiger partial charge in [-0.25, -0.2) is 0 Å². The molecule has 2 aromatic rings. The van der Waals surface area contributed by atoms with Crippen LogP contribution in [-0.4, -0.2) is 89.2 Å². The molecule has 0 aromatic heterocycles. The molecule has 0 radical (unpaired) electrons. The second-order valence-electron chi connectivity index (χ2n) is 13.1. The summed E-state index contributed by atoms with van der Waals surface area (Å²) in [5.41, 5.74) is 0.279. The van der Waals surface area contributed by atoms with E-state index in [2.05, 4.69) is 31.9 Å². The molecule has 1 N–H and O–H groups in total. The van der Waals surface area contributed by atoms with Gasteiger partial charge in [0.2, 0.25) is 11.8 Å². The van der Waals surface area contributed by atoms with E-state index in [0.29, 0.717) is 37.2 Å². The molecule has 47 heavy (non-hydrogen) atoms. The number of fused-ring (bicyclic) bond motifs is 1. The molecule has 3 amide bonds. The van der Waals surface area contributed by atoms with Gasteiger partial charge in [-0.1, -0.05) is 49.4 Å². The summed E-state index contributed by atoms with van der Waals surface area (Å²) in [5.74, 6) is -2.46. The third-order valence-electron chi connectivity index (χ3n) is 10.4. The van der Waals surface area contributed by atoms with Gasteiger partial charge >= 0.3 is 0 Å². The minimum atomic E-state index is -1.24. The zero-order valence-corrected chi connectivity index (χ0v) is 28.3. The van der Waals surface area contributed by atoms with Crippen molar-refractivity contribution in [2.24, 2.45) is 11.8 Å². The van der Waals surface area contributed by atoms with Gasteiger partial charge in [-0.15, -0.1) is 13.2 Å². The van der Waals surface area contributed by atoms with Crippen LogP contribution in [0.4, 0.5) is 11.4 Å². The summed E-state index contributed by atoms with van der Waals surface area (Å²) in [6.45, 7) is 18.3. The second-order valence-corrected chi connectivity index (χ2v) is 13.1. The van der Waals surface area contributed by atoms with E-state index < -0.39 is 41.7 Å². The molecule has 2 bridgehead atoms. The number of aliphatic hydroxyl groups excluding tert-OH is 1. The second kappa shape index (κ2) is 14.0. The normalized spacial score (nSPS) is 26.5. The highest BCUT2D eigenvalue weighted by atomic mass is 16.5. The largest absolute Gasteiger partial charge is 0.394 e. The molecule has 9 nitrogen and oxygen atoms in total. The smallest absolute Gasteiger partial charge is 0.253 e. The van der Waals surface area contributed by atoms with E-state index >= 15 is 4.79 Å². The van der Waals surface area contributed by atoms with Crippen LogP contribution in [-0.2, 0) is 19.1 Å². The molecule has 3 fully saturated rings. The van der Waals surface area contributed by atoms with Gasteiger partial charge < -0.3 is 29.4 Å². The quantitative estimate of drug-likeness (QED) is 0.276. The zero-order chi connectivity index (χ0) is 33.9. The van der Waals surface area contributed by atoms with Gasteiger partial charge in [0.05, 0.1) is 30.1 Å². The van der Waals surface area contributed by atoms with Crippen molar-refractivity contribution in [2.75, 3.05) is 49.1 Å². The van der Waals surface area contributed by atoms with Crippen LogP contribution in [0, 0.1) is 11.8 Å². The number of nitrogens with zero attached hydrogens (tertiary/aromatic N) is 4. The Morgan fingerprint density at radius 2 is 1.62 bits per heavy atom. The first-order chi connectivity index (χ1) is 22.7. The van der Waals surface area contributed by atoms with Crippen LogP contribution in [0.1, 0.15) is 58.6 Å². The summed E-state index contributed by atoms with van der Waals surface area (Å²) in [6, 6.07) is 15.2. The lowest BCUT2D eigenvalue weighted by atomic mass is 9.66. The Kier molecular flexibility index (Phi) is 10.3. The van der Waals surface area contributed by atoms with Crippen molar-refractivity contribution < 1.29 is 24.2 Å². The fourth-order valence-electron chi connectivity index (χ4n) is 8.33. The Labute approximate surface area is 279 Å². The molecule has 9 heteroatoms. The standard InChI is InChI=1S/C38H50N4O5/c1-7-23-40(24-8-2)34(44)31-32-35(45)42(30(26-43)27-15-13-12-14-16-27)33(38(32)22-21-37(31,6)47-38)36(46)41(25-9-3)29-19-17-28(18-20-29)39(10-4)11-5/h7,9,12-20,30-33,43H,1,3,8,10-11,21-26H2,2,4-6H3/t30-,31+,32+,33?,37-,38?/m1/s1. The number of hydrogen-bond donors (Lipinski definition) is 1. The molecule has 2 unspecified atom stereocenters. The maximum atomic E-state index is 15.1. The summed E-state index contributed by atoms with van der Waals surface area (Å²) >= 11 is 0. The number of amides is 3. The number of carbonyl (C=O) groups is 3.